The second-order valence-corrected chi connectivity index (χ2v) is 5.88. The van der Waals surface area contributed by atoms with Gasteiger partial charge in [0, 0.05) is 12.4 Å². The summed E-state index contributed by atoms with van der Waals surface area (Å²) < 4.78 is 0. The van der Waals surface area contributed by atoms with E-state index >= 15 is 0 Å². The van der Waals surface area contributed by atoms with E-state index < -0.39 is 11.5 Å². The maximum atomic E-state index is 12.5. The Hall–Kier alpha value is -3.21. The van der Waals surface area contributed by atoms with Crippen LogP contribution in [0.2, 0.25) is 0 Å². The number of carbonyl (C=O) groups is 1. The fourth-order valence-corrected chi connectivity index (χ4v) is 2.61. The summed E-state index contributed by atoms with van der Waals surface area (Å²) in [6.45, 7) is 2.03. The number of carbonyl (C=O) groups excluding carboxylic acids is 1. The Morgan fingerprint density at radius 2 is 1.92 bits per heavy atom. The highest BCUT2D eigenvalue weighted by atomic mass is 16.2. The average Bonchev–Trinajstić information content (AvgIpc) is 2.64. The van der Waals surface area contributed by atoms with Crippen LogP contribution in [0.25, 0.3) is 0 Å². The van der Waals surface area contributed by atoms with Gasteiger partial charge in [-0.1, -0.05) is 35.9 Å². The predicted octanol–water partition coefficient (Wildman–Crippen LogP) is 2.79. The van der Waals surface area contributed by atoms with Crippen molar-refractivity contribution in [1.82, 2.24) is 15.3 Å². The molecule has 5 heteroatoms. The van der Waals surface area contributed by atoms with Crippen molar-refractivity contribution >= 4 is 5.91 Å². The van der Waals surface area contributed by atoms with E-state index in [0.29, 0.717) is 6.42 Å². The predicted molar refractivity (Wildman–Crippen MR) is 96.4 cm³/mol. The quantitative estimate of drug-likeness (QED) is 0.754. The fraction of sp³-hybridized carbons (Fsp3) is 0.150. The summed E-state index contributed by atoms with van der Waals surface area (Å²) in [5.41, 5.74) is 2.70. The molecule has 0 radical (unpaired) electrons. The largest absolute Gasteiger partial charge is 0.343 e. The molecule has 0 spiro atoms. The molecule has 25 heavy (non-hydrogen) atoms. The highest BCUT2D eigenvalue weighted by Crippen LogP contribution is 2.17. The maximum Gasteiger partial charge on any atom is 0.260 e. The summed E-state index contributed by atoms with van der Waals surface area (Å²) in [5, 5.41) is 2.93. The van der Waals surface area contributed by atoms with E-state index in [0.717, 1.165) is 11.3 Å². The van der Waals surface area contributed by atoms with Crippen molar-refractivity contribution in [2.45, 2.75) is 19.4 Å². The van der Waals surface area contributed by atoms with Crippen molar-refractivity contribution in [3.63, 3.8) is 0 Å². The van der Waals surface area contributed by atoms with Gasteiger partial charge in [-0.3, -0.25) is 14.6 Å². The van der Waals surface area contributed by atoms with Gasteiger partial charge in [-0.15, -0.1) is 0 Å². The third-order valence-electron chi connectivity index (χ3n) is 3.97. The number of nitrogens with one attached hydrogen (secondary N) is 2. The topological polar surface area (TPSA) is 74.8 Å². The molecule has 126 valence electrons. The first kappa shape index (κ1) is 16.6. The SMILES string of the molecule is Cc1ccc(C[C@@H](NC(=O)c2ccc[nH]c2=O)c2ccccn2)cc1. The lowest BCUT2D eigenvalue weighted by Crippen LogP contribution is -2.34. The zero-order valence-corrected chi connectivity index (χ0v) is 13.9. The molecule has 0 fully saturated rings. The number of nitrogens with zero attached hydrogens (tertiary/aromatic N) is 1. The van der Waals surface area contributed by atoms with Crippen molar-refractivity contribution < 1.29 is 4.79 Å². The first-order valence-corrected chi connectivity index (χ1v) is 8.08. The molecule has 2 aromatic heterocycles. The molecule has 3 rings (SSSR count). The van der Waals surface area contributed by atoms with Gasteiger partial charge in [0.25, 0.3) is 11.5 Å². The highest BCUT2D eigenvalue weighted by molar-refractivity contribution is 5.94. The Balaban J connectivity index is 1.86. The van der Waals surface area contributed by atoms with Gasteiger partial charge in [-0.2, -0.15) is 0 Å². The molecule has 0 aliphatic rings. The zero-order chi connectivity index (χ0) is 17.6. The molecule has 3 aromatic rings. The Bertz CT molecular complexity index is 902. The zero-order valence-electron chi connectivity index (χ0n) is 13.9. The van der Waals surface area contributed by atoms with Crippen molar-refractivity contribution in [3.8, 4) is 0 Å². The molecule has 2 heterocycles. The standard InChI is InChI=1S/C20H19N3O2/c1-14-7-9-15(10-8-14)13-18(17-6-2-3-11-21-17)23-20(25)16-5-4-12-22-19(16)24/h2-12,18H,13H2,1H3,(H,22,24)(H,23,25)/t18-/m1/s1. The number of rotatable bonds is 5. The van der Waals surface area contributed by atoms with E-state index in [9.17, 15) is 9.59 Å². The molecular formula is C20H19N3O2. The molecule has 0 aliphatic heterocycles. The van der Waals surface area contributed by atoms with Gasteiger partial charge in [0.2, 0.25) is 0 Å². The summed E-state index contributed by atoms with van der Waals surface area (Å²) in [4.78, 5) is 31.3. The number of pyridine rings is 2. The van der Waals surface area contributed by atoms with Crippen LogP contribution in [0.3, 0.4) is 0 Å². The molecule has 2 N–H and O–H groups in total. The number of H-pyrrole nitrogens is 1. The number of hydrogen-bond acceptors (Lipinski definition) is 3. The van der Waals surface area contributed by atoms with Crippen LogP contribution >= 0.6 is 0 Å². The smallest absolute Gasteiger partial charge is 0.260 e. The van der Waals surface area contributed by atoms with Crippen molar-refractivity contribution in [2.24, 2.45) is 0 Å². The first-order chi connectivity index (χ1) is 12.1. The monoisotopic (exact) mass is 333 g/mol. The van der Waals surface area contributed by atoms with Crippen LogP contribution in [0.4, 0.5) is 0 Å². The Labute approximate surface area is 145 Å². The lowest BCUT2D eigenvalue weighted by atomic mass is 10.0. The second kappa shape index (κ2) is 7.57. The minimum atomic E-state index is -0.412. The molecule has 1 amide bonds. The van der Waals surface area contributed by atoms with Gasteiger partial charge >= 0.3 is 0 Å². The summed E-state index contributed by atoms with van der Waals surface area (Å²) in [5.74, 6) is -0.412. The molecule has 0 saturated carbocycles. The van der Waals surface area contributed by atoms with Gasteiger partial charge in [0.1, 0.15) is 5.56 Å². The van der Waals surface area contributed by atoms with Crippen LogP contribution in [0.15, 0.2) is 71.8 Å². The molecular weight excluding hydrogens is 314 g/mol. The van der Waals surface area contributed by atoms with Crippen LogP contribution in [-0.4, -0.2) is 15.9 Å². The second-order valence-electron chi connectivity index (χ2n) is 5.88. The molecule has 0 aliphatic carbocycles. The van der Waals surface area contributed by atoms with Gasteiger partial charge in [0.05, 0.1) is 11.7 Å². The summed E-state index contributed by atoms with van der Waals surface area (Å²) in [6.07, 6.45) is 3.79. The molecule has 1 atom stereocenters. The first-order valence-electron chi connectivity index (χ1n) is 8.08. The van der Waals surface area contributed by atoms with Gasteiger partial charge in [-0.05, 0) is 43.2 Å². The highest BCUT2D eigenvalue weighted by Gasteiger charge is 2.19. The third-order valence-corrected chi connectivity index (χ3v) is 3.97. The maximum absolute atomic E-state index is 12.5. The normalized spacial score (nSPS) is 11.7. The molecule has 1 aromatic carbocycles. The van der Waals surface area contributed by atoms with E-state index in [2.05, 4.69) is 15.3 Å². The van der Waals surface area contributed by atoms with E-state index in [-0.39, 0.29) is 11.6 Å². The van der Waals surface area contributed by atoms with Crippen molar-refractivity contribution in [1.29, 1.82) is 0 Å². The summed E-state index contributed by atoms with van der Waals surface area (Å²) >= 11 is 0. The van der Waals surface area contributed by atoms with Gasteiger partial charge < -0.3 is 10.3 Å². The minimum Gasteiger partial charge on any atom is -0.343 e. The number of benzene rings is 1. The van der Waals surface area contributed by atoms with Crippen LogP contribution in [0.5, 0.6) is 0 Å². The number of aromatic amines is 1. The van der Waals surface area contributed by atoms with Crippen LogP contribution < -0.4 is 10.9 Å². The number of amides is 1. The van der Waals surface area contributed by atoms with Crippen molar-refractivity contribution in [2.75, 3.05) is 0 Å². The summed E-state index contributed by atoms with van der Waals surface area (Å²) in [7, 11) is 0. The fourth-order valence-electron chi connectivity index (χ4n) is 2.61. The number of hydrogen-bond donors (Lipinski definition) is 2. The Morgan fingerprint density at radius 3 is 2.60 bits per heavy atom. The Kier molecular flexibility index (Phi) is 5.04. The minimum absolute atomic E-state index is 0.0901. The lowest BCUT2D eigenvalue weighted by Gasteiger charge is -2.18. The number of aromatic nitrogens is 2. The van der Waals surface area contributed by atoms with Crippen LogP contribution in [0, 0.1) is 6.92 Å². The van der Waals surface area contributed by atoms with Crippen LogP contribution in [0.1, 0.15) is 33.2 Å². The van der Waals surface area contributed by atoms with Gasteiger partial charge in [-0.25, -0.2) is 0 Å². The third kappa shape index (κ3) is 4.20. The van der Waals surface area contributed by atoms with E-state index in [1.807, 2.05) is 49.4 Å². The Morgan fingerprint density at radius 1 is 1.12 bits per heavy atom. The van der Waals surface area contributed by atoms with E-state index in [4.69, 9.17) is 0 Å². The number of aryl methyl sites for hydroxylation is 1. The van der Waals surface area contributed by atoms with E-state index in [1.165, 1.54) is 17.8 Å². The van der Waals surface area contributed by atoms with Crippen LogP contribution in [-0.2, 0) is 6.42 Å². The molecule has 5 nitrogen and oxygen atoms in total. The van der Waals surface area contributed by atoms with Gasteiger partial charge in [0.15, 0.2) is 0 Å². The van der Waals surface area contributed by atoms with E-state index in [1.54, 1.807) is 12.3 Å². The van der Waals surface area contributed by atoms with Crippen molar-refractivity contribution in [3.05, 3.63) is 99.7 Å². The lowest BCUT2D eigenvalue weighted by molar-refractivity contribution is 0.0934. The molecule has 0 bridgehead atoms. The summed E-state index contributed by atoms with van der Waals surface area (Å²) in [6, 6.07) is 16.5. The average molecular weight is 333 g/mol. The molecule has 0 unspecified atom stereocenters. The molecule has 0 saturated heterocycles.